The summed E-state index contributed by atoms with van der Waals surface area (Å²) in [6.07, 6.45) is 0.392. The second kappa shape index (κ2) is 6.80. The van der Waals surface area contributed by atoms with Gasteiger partial charge in [0.15, 0.2) is 0 Å². The van der Waals surface area contributed by atoms with Crippen molar-refractivity contribution in [3.63, 3.8) is 0 Å². The van der Waals surface area contributed by atoms with E-state index >= 15 is 0 Å². The van der Waals surface area contributed by atoms with Crippen LogP contribution in [0.1, 0.15) is 36.6 Å². The lowest BCUT2D eigenvalue weighted by Gasteiger charge is -2.19. The van der Waals surface area contributed by atoms with Crippen molar-refractivity contribution in [2.24, 2.45) is 0 Å². The number of aliphatic hydroxyl groups is 1. The fraction of sp³-hybridized carbons (Fsp3) is 0.333. The Bertz CT molecular complexity index is 483. The molecule has 0 aliphatic rings. The minimum atomic E-state index is -0.499. The third-order valence-corrected chi connectivity index (χ3v) is 3.87. The normalized spacial score (nSPS) is 14.3. The average molecular weight is 279 g/mol. The highest BCUT2D eigenvalue weighted by Gasteiger charge is 2.13. The van der Waals surface area contributed by atoms with E-state index in [1.807, 2.05) is 16.8 Å². The molecule has 0 saturated carbocycles. The Hall–Kier alpha value is -1.23. The molecule has 2 atom stereocenters. The third kappa shape index (κ3) is 3.86. The van der Waals surface area contributed by atoms with E-state index in [1.165, 1.54) is 12.1 Å². The fourth-order valence-electron chi connectivity index (χ4n) is 2.03. The van der Waals surface area contributed by atoms with Crippen molar-refractivity contribution in [2.45, 2.75) is 25.5 Å². The molecule has 102 valence electrons. The van der Waals surface area contributed by atoms with Gasteiger partial charge in [0.05, 0.1) is 6.10 Å². The number of hydrogen-bond donors (Lipinski definition) is 2. The van der Waals surface area contributed by atoms with E-state index in [2.05, 4.69) is 12.2 Å². The van der Waals surface area contributed by atoms with Crippen molar-refractivity contribution in [1.82, 2.24) is 5.32 Å². The average Bonchev–Trinajstić information content (AvgIpc) is 2.95. The van der Waals surface area contributed by atoms with Gasteiger partial charge in [-0.25, -0.2) is 4.39 Å². The van der Waals surface area contributed by atoms with E-state index in [4.69, 9.17) is 0 Å². The van der Waals surface area contributed by atoms with Crippen molar-refractivity contribution in [3.8, 4) is 0 Å². The Kier molecular flexibility index (Phi) is 5.07. The molecule has 1 heterocycles. The molecule has 1 aromatic carbocycles. The van der Waals surface area contributed by atoms with Crippen LogP contribution in [0.3, 0.4) is 0 Å². The summed E-state index contributed by atoms with van der Waals surface area (Å²) >= 11 is 1.58. The summed E-state index contributed by atoms with van der Waals surface area (Å²) in [4.78, 5) is 0. The predicted molar refractivity (Wildman–Crippen MR) is 76.7 cm³/mol. The third-order valence-electron chi connectivity index (χ3n) is 3.17. The molecule has 2 unspecified atom stereocenters. The van der Waals surface area contributed by atoms with Crippen LogP contribution in [0, 0.1) is 5.82 Å². The molecule has 2 aromatic rings. The van der Waals surface area contributed by atoms with Crippen molar-refractivity contribution in [3.05, 3.63) is 58.0 Å². The number of nitrogens with one attached hydrogen (secondary N) is 1. The number of thiophene rings is 1. The summed E-state index contributed by atoms with van der Waals surface area (Å²) in [5, 5.41) is 17.3. The van der Waals surface area contributed by atoms with Crippen LogP contribution in [0.25, 0.3) is 0 Å². The second-order valence-corrected chi connectivity index (χ2v) is 5.27. The van der Waals surface area contributed by atoms with Crippen LogP contribution < -0.4 is 5.32 Å². The number of aliphatic hydroxyl groups excluding tert-OH is 1. The molecule has 0 aliphatic carbocycles. The van der Waals surface area contributed by atoms with Gasteiger partial charge in [-0.1, -0.05) is 19.1 Å². The minimum Gasteiger partial charge on any atom is -0.387 e. The van der Waals surface area contributed by atoms with E-state index < -0.39 is 6.10 Å². The summed E-state index contributed by atoms with van der Waals surface area (Å²) in [5.74, 6) is -0.225. The molecular formula is C15H18FNOS. The first kappa shape index (κ1) is 14.2. The number of benzene rings is 1. The molecule has 0 amide bonds. The van der Waals surface area contributed by atoms with Crippen LogP contribution in [-0.4, -0.2) is 11.7 Å². The summed E-state index contributed by atoms with van der Waals surface area (Å²) in [6.45, 7) is 2.56. The Morgan fingerprint density at radius 2 is 1.95 bits per heavy atom. The second-order valence-electron chi connectivity index (χ2n) is 4.49. The van der Waals surface area contributed by atoms with E-state index in [0.717, 1.165) is 17.5 Å². The SMILES string of the molecule is CCC(NCC(O)c1ccsc1)c1ccc(F)cc1. The molecule has 0 spiro atoms. The highest BCUT2D eigenvalue weighted by Crippen LogP contribution is 2.20. The van der Waals surface area contributed by atoms with E-state index in [0.29, 0.717) is 6.54 Å². The van der Waals surface area contributed by atoms with E-state index in [9.17, 15) is 9.50 Å². The number of halogens is 1. The molecule has 0 bridgehead atoms. The van der Waals surface area contributed by atoms with Gasteiger partial charge < -0.3 is 10.4 Å². The Morgan fingerprint density at radius 1 is 1.21 bits per heavy atom. The summed E-state index contributed by atoms with van der Waals surface area (Å²) in [6, 6.07) is 8.56. The van der Waals surface area contributed by atoms with Gasteiger partial charge in [-0.3, -0.25) is 0 Å². The Labute approximate surface area is 116 Å². The van der Waals surface area contributed by atoms with Crippen molar-refractivity contribution < 1.29 is 9.50 Å². The molecule has 1 aromatic heterocycles. The zero-order chi connectivity index (χ0) is 13.7. The molecule has 0 radical (unpaired) electrons. The quantitative estimate of drug-likeness (QED) is 0.845. The van der Waals surface area contributed by atoms with Crippen LogP contribution in [0.4, 0.5) is 4.39 Å². The van der Waals surface area contributed by atoms with Gasteiger partial charge >= 0.3 is 0 Å². The molecule has 2 rings (SSSR count). The van der Waals surface area contributed by atoms with Crippen molar-refractivity contribution in [2.75, 3.05) is 6.54 Å². The monoisotopic (exact) mass is 279 g/mol. The highest BCUT2D eigenvalue weighted by atomic mass is 32.1. The lowest BCUT2D eigenvalue weighted by Crippen LogP contribution is -2.26. The van der Waals surface area contributed by atoms with Gasteiger partial charge in [0.25, 0.3) is 0 Å². The highest BCUT2D eigenvalue weighted by molar-refractivity contribution is 7.07. The number of hydrogen-bond acceptors (Lipinski definition) is 3. The number of rotatable bonds is 6. The first-order valence-electron chi connectivity index (χ1n) is 6.39. The van der Waals surface area contributed by atoms with Crippen molar-refractivity contribution >= 4 is 11.3 Å². The standard InChI is InChI=1S/C15H18FNOS/c1-2-14(11-3-5-13(16)6-4-11)17-9-15(18)12-7-8-19-10-12/h3-8,10,14-15,17-18H,2,9H2,1H3. The zero-order valence-electron chi connectivity index (χ0n) is 10.8. The lowest BCUT2D eigenvalue weighted by atomic mass is 10.0. The van der Waals surface area contributed by atoms with Gasteiger partial charge in [0.1, 0.15) is 5.82 Å². The van der Waals surface area contributed by atoms with Crippen molar-refractivity contribution in [1.29, 1.82) is 0 Å². The maximum absolute atomic E-state index is 12.9. The summed E-state index contributed by atoms with van der Waals surface area (Å²) < 4.78 is 12.9. The Balaban J connectivity index is 1.94. The molecule has 19 heavy (non-hydrogen) atoms. The fourth-order valence-corrected chi connectivity index (χ4v) is 2.74. The molecule has 0 saturated heterocycles. The van der Waals surface area contributed by atoms with Gasteiger partial charge in [-0.15, -0.1) is 0 Å². The van der Waals surface area contributed by atoms with Gasteiger partial charge in [-0.05, 0) is 46.5 Å². The summed E-state index contributed by atoms with van der Waals surface area (Å²) in [7, 11) is 0. The van der Waals surface area contributed by atoms with Gasteiger partial charge in [0, 0.05) is 12.6 Å². The topological polar surface area (TPSA) is 32.3 Å². The van der Waals surface area contributed by atoms with Crippen LogP contribution >= 0.6 is 11.3 Å². The van der Waals surface area contributed by atoms with Crippen LogP contribution in [0.5, 0.6) is 0 Å². The van der Waals surface area contributed by atoms with Crippen LogP contribution in [0.2, 0.25) is 0 Å². The maximum atomic E-state index is 12.9. The molecule has 4 heteroatoms. The van der Waals surface area contributed by atoms with Gasteiger partial charge in [-0.2, -0.15) is 11.3 Å². The molecule has 0 fully saturated rings. The lowest BCUT2D eigenvalue weighted by molar-refractivity contribution is 0.170. The zero-order valence-corrected chi connectivity index (χ0v) is 11.7. The molecular weight excluding hydrogens is 261 g/mol. The van der Waals surface area contributed by atoms with Crippen LogP contribution in [0.15, 0.2) is 41.1 Å². The van der Waals surface area contributed by atoms with E-state index in [-0.39, 0.29) is 11.9 Å². The first-order valence-corrected chi connectivity index (χ1v) is 7.34. The molecule has 2 N–H and O–H groups in total. The van der Waals surface area contributed by atoms with E-state index in [1.54, 1.807) is 23.5 Å². The maximum Gasteiger partial charge on any atom is 0.123 e. The van der Waals surface area contributed by atoms with Crippen LogP contribution in [-0.2, 0) is 0 Å². The smallest absolute Gasteiger partial charge is 0.123 e. The minimum absolute atomic E-state index is 0.133. The van der Waals surface area contributed by atoms with Gasteiger partial charge in [0.2, 0.25) is 0 Å². The molecule has 0 aliphatic heterocycles. The summed E-state index contributed by atoms with van der Waals surface area (Å²) in [5.41, 5.74) is 1.98. The largest absolute Gasteiger partial charge is 0.387 e. The Morgan fingerprint density at radius 3 is 2.53 bits per heavy atom. The first-order chi connectivity index (χ1) is 9.20. The molecule has 2 nitrogen and oxygen atoms in total. The predicted octanol–water partition coefficient (Wildman–Crippen LogP) is 3.66.